The number of amides is 1. The second-order valence-corrected chi connectivity index (χ2v) is 5.90. The fourth-order valence-electron chi connectivity index (χ4n) is 2.87. The highest BCUT2D eigenvalue weighted by atomic mass is 16.1. The van der Waals surface area contributed by atoms with Crippen molar-refractivity contribution in [3.63, 3.8) is 0 Å². The lowest BCUT2D eigenvalue weighted by Gasteiger charge is -2.41. The number of benzene rings is 1. The lowest BCUT2D eigenvalue weighted by molar-refractivity contribution is 0.0846. The minimum absolute atomic E-state index is 0.0654. The van der Waals surface area contributed by atoms with E-state index in [1.807, 2.05) is 30.3 Å². The minimum Gasteiger partial charge on any atom is -0.350 e. The number of H-pyrrole nitrogens is 1. The van der Waals surface area contributed by atoms with Crippen molar-refractivity contribution >= 4 is 5.91 Å². The number of carbonyl (C=O) groups is 1. The summed E-state index contributed by atoms with van der Waals surface area (Å²) in [5, 5.41) is 3.05. The fourth-order valence-corrected chi connectivity index (χ4v) is 2.87. The summed E-state index contributed by atoms with van der Waals surface area (Å²) in [6, 6.07) is 9.82. The summed E-state index contributed by atoms with van der Waals surface area (Å²) in [6.07, 6.45) is 6.47. The number of hydrogen-bond acceptors (Lipinski definition) is 2. The number of nitrogens with zero attached hydrogens (tertiary/aromatic N) is 1. The standard InChI is InChI=1S/C17H21N3O/c1-2-17(9-6-10-17)12-19-16(21)14-11-18-15(20-14)13-7-4-3-5-8-13/h3-5,7-8,11H,2,6,9-10,12H2,1H3,(H,18,20)(H,19,21). The summed E-state index contributed by atoms with van der Waals surface area (Å²) in [6.45, 7) is 2.97. The largest absolute Gasteiger partial charge is 0.350 e. The Labute approximate surface area is 125 Å². The summed E-state index contributed by atoms with van der Waals surface area (Å²) < 4.78 is 0. The maximum absolute atomic E-state index is 12.2. The van der Waals surface area contributed by atoms with Gasteiger partial charge in [-0.25, -0.2) is 4.98 Å². The number of imidazole rings is 1. The van der Waals surface area contributed by atoms with Gasteiger partial charge in [0.15, 0.2) is 0 Å². The van der Waals surface area contributed by atoms with Crippen LogP contribution in [0.1, 0.15) is 43.1 Å². The Balaban J connectivity index is 1.64. The first-order valence-electron chi connectivity index (χ1n) is 7.61. The molecule has 21 heavy (non-hydrogen) atoms. The molecule has 3 rings (SSSR count). The van der Waals surface area contributed by atoms with E-state index in [0.29, 0.717) is 11.1 Å². The Morgan fingerprint density at radius 3 is 2.71 bits per heavy atom. The molecule has 1 aliphatic rings. The Morgan fingerprint density at radius 1 is 1.33 bits per heavy atom. The van der Waals surface area contributed by atoms with Gasteiger partial charge in [0.25, 0.3) is 5.91 Å². The topological polar surface area (TPSA) is 57.8 Å². The average Bonchev–Trinajstić information content (AvgIpc) is 2.97. The molecular formula is C17H21N3O. The average molecular weight is 283 g/mol. The van der Waals surface area contributed by atoms with E-state index >= 15 is 0 Å². The number of aromatic amines is 1. The molecule has 1 aromatic carbocycles. The van der Waals surface area contributed by atoms with Crippen LogP contribution >= 0.6 is 0 Å². The van der Waals surface area contributed by atoms with Crippen LogP contribution in [0.2, 0.25) is 0 Å². The first-order valence-corrected chi connectivity index (χ1v) is 7.61. The van der Waals surface area contributed by atoms with Gasteiger partial charge in [0, 0.05) is 12.1 Å². The highest BCUT2D eigenvalue weighted by molar-refractivity contribution is 5.92. The van der Waals surface area contributed by atoms with Crippen molar-refractivity contribution in [3.05, 3.63) is 42.2 Å². The number of hydrogen-bond donors (Lipinski definition) is 2. The number of rotatable bonds is 5. The SMILES string of the molecule is CCC1(CNC(=O)c2cnc(-c3ccccc3)[nH]2)CCC1. The van der Waals surface area contributed by atoms with Crippen molar-refractivity contribution in [3.8, 4) is 11.4 Å². The van der Waals surface area contributed by atoms with E-state index in [2.05, 4.69) is 22.2 Å². The molecule has 2 N–H and O–H groups in total. The first-order chi connectivity index (χ1) is 10.2. The Bertz CT molecular complexity index is 608. The zero-order chi connectivity index (χ0) is 14.7. The molecule has 4 heteroatoms. The third-order valence-corrected chi connectivity index (χ3v) is 4.66. The van der Waals surface area contributed by atoms with Gasteiger partial charge in [0.2, 0.25) is 0 Å². The zero-order valence-electron chi connectivity index (χ0n) is 12.4. The molecule has 4 nitrogen and oxygen atoms in total. The quantitative estimate of drug-likeness (QED) is 0.883. The van der Waals surface area contributed by atoms with Crippen molar-refractivity contribution in [1.82, 2.24) is 15.3 Å². The van der Waals surface area contributed by atoms with E-state index in [1.165, 1.54) is 19.3 Å². The van der Waals surface area contributed by atoms with Crippen LogP contribution in [0.25, 0.3) is 11.4 Å². The van der Waals surface area contributed by atoms with E-state index in [1.54, 1.807) is 6.20 Å². The van der Waals surface area contributed by atoms with Gasteiger partial charge in [-0.15, -0.1) is 0 Å². The van der Waals surface area contributed by atoms with Crippen molar-refractivity contribution in [2.45, 2.75) is 32.6 Å². The fraction of sp³-hybridized carbons (Fsp3) is 0.412. The molecule has 0 radical (unpaired) electrons. The second kappa shape index (κ2) is 5.72. The van der Waals surface area contributed by atoms with E-state index in [9.17, 15) is 4.79 Å². The van der Waals surface area contributed by atoms with Crippen LogP contribution in [0.15, 0.2) is 36.5 Å². The molecule has 0 atom stereocenters. The van der Waals surface area contributed by atoms with E-state index in [0.717, 1.165) is 24.4 Å². The lowest BCUT2D eigenvalue weighted by atomic mass is 9.67. The molecule has 0 spiro atoms. The molecule has 0 saturated heterocycles. The van der Waals surface area contributed by atoms with Crippen molar-refractivity contribution in [1.29, 1.82) is 0 Å². The van der Waals surface area contributed by atoms with Gasteiger partial charge < -0.3 is 10.3 Å². The molecule has 1 aromatic heterocycles. The predicted molar refractivity (Wildman–Crippen MR) is 82.9 cm³/mol. The molecule has 0 unspecified atom stereocenters. The van der Waals surface area contributed by atoms with Crippen molar-refractivity contribution in [2.24, 2.45) is 5.41 Å². The molecule has 0 bridgehead atoms. The minimum atomic E-state index is -0.0654. The molecule has 2 aromatic rings. The molecule has 1 saturated carbocycles. The number of aromatic nitrogens is 2. The summed E-state index contributed by atoms with van der Waals surface area (Å²) in [4.78, 5) is 19.6. The molecule has 0 aliphatic heterocycles. The zero-order valence-corrected chi connectivity index (χ0v) is 12.4. The van der Waals surface area contributed by atoms with Gasteiger partial charge in [-0.3, -0.25) is 4.79 Å². The predicted octanol–water partition coefficient (Wildman–Crippen LogP) is 3.39. The monoisotopic (exact) mass is 283 g/mol. The Hall–Kier alpha value is -2.10. The number of carbonyl (C=O) groups excluding carboxylic acids is 1. The van der Waals surface area contributed by atoms with E-state index in [4.69, 9.17) is 0 Å². The van der Waals surface area contributed by atoms with Crippen LogP contribution in [0.4, 0.5) is 0 Å². The van der Waals surface area contributed by atoms with Crippen LogP contribution in [-0.2, 0) is 0 Å². The van der Waals surface area contributed by atoms with Crippen LogP contribution in [0, 0.1) is 5.41 Å². The smallest absolute Gasteiger partial charge is 0.269 e. The van der Waals surface area contributed by atoms with Crippen molar-refractivity contribution < 1.29 is 4.79 Å². The molecule has 1 fully saturated rings. The molecule has 110 valence electrons. The summed E-state index contributed by atoms with van der Waals surface area (Å²) in [7, 11) is 0. The van der Waals surface area contributed by atoms with Crippen LogP contribution < -0.4 is 5.32 Å². The first kappa shape index (κ1) is 13.9. The van der Waals surface area contributed by atoms with Gasteiger partial charge >= 0.3 is 0 Å². The van der Waals surface area contributed by atoms with Gasteiger partial charge in [-0.05, 0) is 24.7 Å². The van der Waals surface area contributed by atoms with Crippen LogP contribution in [0.3, 0.4) is 0 Å². The maximum Gasteiger partial charge on any atom is 0.269 e. The normalized spacial score (nSPS) is 16.2. The highest BCUT2D eigenvalue weighted by Gasteiger charge is 2.35. The highest BCUT2D eigenvalue weighted by Crippen LogP contribution is 2.43. The van der Waals surface area contributed by atoms with E-state index < -0.39 is 0 Å². The maximum atomic E-state index is 12.2. The summed E-state index contributed by atoms with van der Waals surface area (Å²) in [5.74, 6) is 0.666. The molecule has 1 heterocycles. The van der Waals surface area contributed by atoms with Gasteiger partial charge in [0.1, 0.15) is 11.5 Å². The van der Waals surface area contributed by atoms with Crippen LogP contribution in [-0.4, -0.2) is 22.4 Å². The van der Waals surface area contributed by atoms with Crippen LogP contribution in [0.5, 0.6) is 0 Å². The molecule has 1 aliphatic carbocycles. The molecular weight excluding hydrogens is 262 g/mol. The van der Waals surface area contributed by atoms with Gasteiger partial charge in [0.05, 0.1) is 6.20 Å². The van der Waals surface area contributed by atoms with Crippen molar-refractivity contribution in [2.75, 3.05) is 6.54 Å². The van der Waals surface area contributed by atoms with Gasteiger partial charge in [-0.2, -0.15) is 0 Å². The summed E-state index contributed by atoms with van der Waals surface area (Å²) >= 11 is 0. The number of nitrogens with one attached hydrogen (secondary N) is 2. The second-order valence-electron chi connectivity index (χ2n) is 5.90. The lowest BCUT2D eigenvalue weighted by Crippen LogP contribution is -2.41. The Morgan fingerprint density at radius 2 is 2.10 bits per heavy atom. The summed E-state index contributed by atoms with van der Waals surface area (Å²) in [5.41, 5.74) is 1.85. The van der Waals surface area contributed by atoms with E-state index in [-0.39, 0.29) is 5.91 Å². The third-order valence-electron chi connectivity index (χ3n) is 4.66. The Kier molecular flexibility index (Phi) is 3.78. The van der Waals surface area contributed by atoms with Gasteiger partial charge in [-0.1, -0.05) is 43.7 Å². The molecule has 1 amide bonds. The third kappa shape index (κ3) is 2.84.